The summed E-state index contributed by atoms with van der Waals surface area (Å²) >= 11 is 1.23. The molecule has 1 atom stereocenters. The zero-order valence-corrected chi connectivity index (χ0v) is 15.2. The minimum absolute atomic E-state index is 0.311. The smallest absolute Gasteiger partial charge is 0.328 e. The number of carbonyl (C=O) groups is 3. The van der Waals surface area contributed by atoms with Gasteiger partial charge in [-0.15, -0.1) is 11.3 Å². The number of likely N-dealkylation sites (tertiary alicyclic amines) is 1. The molecule has 1 fully saturated rings. The third-order valence-electron chi connectivity index (χ3n) is 4.42. The molecule has 26 heavy (non-hydrogen) atoms. The molecule has 0 aliphatic carbocycles. The maximum atomic E-state index is 12.4. The number of hydrogen-bond acceptors (Lipinski definition) is 5. The van der Waals surface area contributed by atoms with Crippen molar-refractivity contribution in [3.05, 3.63) is 58.3 Å². The van der Waals surface area contributed by atoms with Crippen LogP contribution in [0.2, 0.25) is 0 Å². The summed E-state index contributed by atoms with van der Waals surface area (Å²) < 4.78 is 5.36. The lowest BCUT2D eigenvalue weighted by Crippen LogP contribution is -2.44. The van der Waals surface area contributed by atoms with Gasteiger partial charge in [-0.25, -0.2) is 4.79 Å². The Hall–Kier alpha value is -2.47. The molecule has 2 aromatic rings. The Morgan fingerprint density at radius 3 is 2.65 bits per heavy atom. The molecule has 0 radical (unpaired) electrons. The third kappa shape index (κ3) is 4.38. The first kappa shape index (κ1) is 18.3. The van der Waals surface area contributed by atoms with Crippen LogP contribution in [0.1, 0.15) is 34.5 Å². The molecule has 1 aromatic heterocycles. The summed E-state index contributed by atoms with van der Waals surface area (Å²) in [6.45, 7) is 0.727. The lowest BCUT2D eigenvalue weighted by atomic mass is 10.1. The van der Waals surface area contributed by atoms with E-state index in [1.54, 1.807) is 17.5 Å². The van der Waals surface area contributed by atoms with Crippen molar-refractivity contribution in [2.45, 2.75) is 31.7 Å². The van der Waals surface area contributed by atoms with Gasteiger partial charge in [-0.1, -0.05) is 36.4 Å². The summed E-state index contributed by atoms with van der Waals surface area (Å²) in [5.41, 5.74) is 1.20. The van der Waals surface area contributed by atoms with Crippen LogP contribution in [0.3, 0.4) is 0 Å². The highest BCUT2D eigenvalue weighted by molar-refractivity contribution is 7.13. The summed E-state index contributed by atoms with van der Waals surface area (Å²) in [4.78, 5) is 38.8. The molecule has 0 spiro atoms. The molecule has 0 N–H and O–H groups in total. The van der Waals surface area contributed by atoms with Gasteiger partial charge in [0, 0.05) is 6.54 Å². The summed E-state index contributed by atoms with van der Waals surface area (Å²) in [6.07, 6.45) is 2.80. The van der Waals surface area contributed by atoms with Crippen LogP contribution >= 0.6 is 11.3 Å². The Kier molecular flexibility index (Phi) is 6.17. The van der Waals surface area contributed by atoms with Crippen LogP contribution in [0.25, 0.3) is 0 Å². The summed E-state index contributed by atoms with van der Waals surface area (Å²) in [7, 11) is 0. The molecule has 1 saturated heterocycles. The van der Waals surface area contributed by atoms with Gasteiger partial charge in [0.25, 0.3) is 11.7 Å². The van der Waals surface area contributed by atoms with Gasteiger partial charge in [0.2, 0.25) is 0 Å². The molecule has 5 nitrogen and oxygen atoms in total. The second-order valence-electron chi connectivity index (χ2n) is 6.22. The van der Waals surface area contributed by atoms with Crippen molar-refractivity contribution in [3.8, 4) is 0 Å². The molecule has 0 saturated carbocycles. The topological polar surface area (TPSA) is 63.7 Å². The van der Waals surface area contributed by atoms with Gasteiger partial charge < -0.3 is 9.64 Å². The van der Waals surface area contributed by atoms with Crippen molar-refractivity contribution in [3.63, 3.8) is 0 Å². The molecule has 0 bridgehead atoms. The first-order chi connectivity index (χ1) is 12.7. The van der Waals surface area contributed by atoms with Crippen molar-refractivity contribution >= 4 is 29.0 Å². The van der Waals surface area contributed by atoms with E-state index in [2.05, 4.69) is 0 Å². The van der Waals surface area contributed by atoms with E-state index in [-0.39, 0.29) is 0 Å². The van der Waals surface area contributed by atoms with Crippen LogP contribution in [0.5, 0.6) is 0 Å². The van der Waals surface area contributed by atoms with Gasteiger partial charge in [0.15, 0.2) is 0 Å². The molecule has 1 amide bonds. The second kappa shape index (κ2) is 8.76. The number of hydrogen-bond donors (Lipinski definition) is 0. The minimum Gasteiger partial charge on any atom is -0.464 e. The first-order valence-electron chi connectivity index (χ1n) is 8.76. The second-order valence-corrected chi connectivity index (χ2v) is 7.17. The molecule has 1 aromatic carbocycles. The highest BCUT2D eigenvalue weighted by atomic mass is 32.1. The highest BCUT2D eigenvalue weighted by Gasteiger charge is 2.38. The quantitative estimate of drug-likeness (QED) is 0.325. The number of ether oxygens (including phenoxy) is 1. The standard InChI is InChI=1S/C20H21NO4S/c22-18(17-11-6-14-26-17)19(23)21-12-4-10-16(21)20(24)25-13-5-9-15-7-2-1-3-8-15/h1-3,6-8,11,14,16H,4-5,9-10,12-13H2/t16-/m0/s1. The molecule has 0 unspecified atom stereocenters. The lowest BCUT2D eigenvalue weighted by Gasteiger charge is -2.22. The molecule has 136 valence electrons. The fourth-order valence-corrected chi connectivity index (χ4v) is 3.74. The molecule has 6 heteroatoms. The van der Waals surface area contributed by atoms with Crippen molar-refractivity contribution < 1.29 is 19.1 Å². The fourth-order valence-electron chi connectivity index (χ4n) is 3.09. The number of thiophene rings is 1. The summed E-state index contributed by atoms with van der Waals surface area (Å²) in [5, 5.41) is 1.75. The van der Waals surface area contributed by atoms with Crippen molar-refractivity contribution in [1.82, 2.24) is 4.90 Å². The van der Waals surface area contributed by atoms with E-state index in [1.807, 2.05) is 30.3 Å². The highest BCUT2D eigenvalue weighted by Crippen LogP contribution is 2.21. The molecular formula is C20H21NO4S. The zero-order valence-electron chi connectivity index (χ0n) is 14.4. The summed E-state index contributed by atoms with van der Waals surface area (Å²) in [5.74, 6) is -1.58. The van der Waals surface area contributed by atoms with Crippen LogP contribution in [0.15, 0.2) is 47.8 Å². The zero-order chi connectivity index (χ0) is 18.4. The lowest BCUT2D eigenvalue weighted by molar-refractivity contribution is -0.152. The minimum atomic E-state index is -0.650. The number of nitrogens with zero attached hydrogens (tertiary/aromatic N) is 1. The number of amides is 1. The number of benzene rings is 1. The van der Waals surface area contributed by atoms with Crippen LogP contribution in [0.4, 0.5) is 0 Å². The Morgan fingerprint density at radius 1 is 1.12 bits per heavy atom. The summed E-state index contributed by atoms with van der Waals surface area (Å²) in [6, 6.07) is 12.7. The van der Waals surface area contributed by atoms with Crippen LogP contribution in [0, 0.1) is 0 Å². The number of ketones is 1. The Bertz CT molecular complexity index is 757. The van der Waals surface area contributed by atoms with E-state index in [9.17, 15) is 14.4 Å². The van der Waals surface area contributed by atoms with Gasteiger partial charge in [-0.3, -0.25) is 9.59 Å². The molecular weight excluding hydrogens is 350 g/mol. The molecule has 3 rings (SSSR count). The van der Waals surface area contributed by atoms with Gasteiger partial charge >= 0.3 is 5.97 Å². The predicted molar refractivity (Wildman–Crippen MR) is 99.1 cm³/mol. The van der Waals surface area contributed by atoms with Gasteiger partial charge in [-0.05, 0) is 42.7 Å². The van der Waals surface area contributed by atoms with Crippen molar-refractivity contribution in [2.24, 2.45) is 0 Å². The Balaban J connectivity index is 1.50. The Labute approximate surface area is 156 Å². The van der Waals surface area contributed by atoms with Gasteiger partial charge in [0.05, 0.1) is 11.5 Å². The number of carbonyl (C=O) groups excluding carboxylic acids is 3. The number of aryl methyl sites for hydroxylation is 1. The molecule has 1 aliphatic heterocycles. The SMILES string of the molecule is O=C(C(=O)N1CCC[C@H]1C(=O)OCCCc1ccccc1)c1cccs1. The fraction of sp³-hybridized carbons (Fsp3) is 0.350. The normalized spacial score (nSPS) is 16.5. The third-order valence-corrected chi connectivity index (χ3v) is 5.29. The van der Waals surface area contributed by atoms with E-state index in [4.69, 9.17) is 4.74 Å². The Morgan fingerprint density at radius 2 is 1.92 bits per heavy atom. The molecule has 2 heterocycles. The predicted octanol–water partition coefficient (Wildman–Crippen LogP) is 3.10. The number of esters is 1. The number of Topliss-reactive ketones (excluding diaryl/α,β-unsaturated/α-hetero) is 1. The van der Waals surface area contributed by atoms with Gasteiger partial charge in [-0.2, -0.15) is 0 Å². The van der Waals surface area contributed by atoms with Crippen LogP contribution in [-0.2, 0) is 20.7 Å². The van der Waals surface area contributed by atoms with E-state index in [1.165, 1.54) is 21.8 Å². The van der Waals surface area contributed by atoms with Crippen LogP contribution < -0.4 is 0 Å². The average Bonchev–Trinajstić information content (AvgIpc) is 3.36. The first-order valence-corrected chi connectivity index (χ1v) is 9.64. The monoisotopic (exact) mass is 371 g/mol. The van der Waals surface area contributed by atoms with Crippen molar-refractivity contribution in [1.29, 1.82) is 0 Å². The van der Waals surface area contributed by atoms with Gasteiger partial charge in [0.1, 0.15) is 6.04 Å². The average molecular weight is 371 g/mol. The van der Waals surface area contributed by atoms with Crippen LogP contribution in [-0.4, -0.2) is 41.8 Å². The molecule has 1 aliphatic rings. The van der Waals surface area contributed by atoms with E-state index >= 15 is 0 Å². The van der Waals surface area contributed by atoms with E-state index < -0.39 is 23.7 Å². The maximum Gasteiger partial charge on any atom is 0.328 e. The van der Waals surface area contributed by atoms with Crippen molar-refractivity contribution in [2.75, 3.05) is 13.2 Å². The van der Waals surface area contributed by atoms with E-state index in [0.29, 0.717) is 30.9 Å². The number of rotatable bonds is 7. The van der Waals surface area contributed by atoms with E-state index in [0.717, 1.165) is 12.8 Å². The maximum absolute atomic E-state index is 12.4. The largest absolute Gasteiger partial charge is 0.464 e.